The van der Waals surface area contributed by atoms with Crippen LogP contribution in [-0.2, 0) is 6.54 Å². The molecule has 2 rings (SSSR count). The molecule has 0 saturated carbocycles. The molecule has 1 aromatic carbocycles. The smallest absolute Gasteiger partial charge is 0.126 e. The van der Waals surface area contributed by atoms with Crippen LogP contribution in [0.15, 0.2) is 18.2 Å². The first-order valence-electron chi connectivity index (χ1n) is 4.73. The average Bonchev–Trinajstić information content (AvgIpc) is 2.58. The second kappa shape index (κ2) is 4.27. The first-order valence-corrected chi connectivity index (χ1v) is 5.54. The third-order valence-electron chi connectivity index (χ3n) is 2.19. The molecule has 5 heteroatoms. The van der Waals surface area contributed by atoms with Gasteiger partial charge in [0.25, 0.3) is 0 Å². The lowest BCUT2D eigenvalue weighted by Crippen LogP contribution is -1.94. The Kier molecular flexibility index (Phi) is 2.98. The predicted molar refractivity (Wildman–Crippen MR) is 60.1 cm³/mol. The maximum atomic E-state index is 13.0. The summed E-state index contributed by atoms with van der Waals surface area (Å²) >= 11 is 1.36. The van der Waals surface area contributed by atoms with Gasteiger partial charge in [-0.15, -0.1) is 11.3 Å². The highest BCUT2D eigenvalue weighted by atomic mass is 32.1. The molecule has 0 spiro atoms. The van der Waals surface area contributed by atoms with Gasteiger partial charge in [-0.25, -0.2) is 13.8 Å². The molecule has 0 aliphatic carbocycles. The van der Waals surface area contributed by atoms with Crippen molar-refractivity contribution in [2.45, 2.75) is 13.5 Å². The lowest BCUT2D eigenvalue weighted by Gasteiger charge is -1.97. The molecule has 0 radical (unpaired) electrons. The minimum absolute atomic E-state index is 0.390. The van der Waals surface area contributed by atoms with Crippen LogP contribution in [0.5, 0.6) is 0 Å². The first kappa shape index (κ1) is 11.2. The van der Waals surface area contributed by atoms with Crippen LogP contribution in [0, 0.1) is 18.6 Å². The van der Waals surface area contributed by atoms with Crippen molar-refractivity contribution in [3.05, 3.63) is 40.4 Å². The topological polar surface area (TPSA) is 38.9 Å². The summed E-state index contributed by atoms with van der Waals surface area (Å²) in [5.41, 5.74) is 6.79. The van der Waals surface area contributed by atoms with E-state index in [-0.39, 0.29) is 0 Å². The van der Waals surface area contributed by atoms with Gasteiger partial charge in [-0.2, -0.15) is 0 Å². The van der Waals surface area contributed by atoms with Crippen molar-refractivity contribution < 1.29 is 8.78 Å². The van der Waals surface area contributed by atoms with Crippen LogP contribution in [-0.4, -0.2) is 4.98 Å². The number of nitrogens with zero attached hydrogens (tertiary/aromatic N) is 1. The summed E-state index contributed by atoms with van der Waals surface area (Å²) in [6.07, 6.45) is 0. The van der Waals surface area contributed by atoms with Gasteiger partial charge >= 0.3 is 0 Å². The fourth-order valence-corrected chi connectivity index (χ4v) is 2.35. The van der Waals surface area contributed by atoms with Crippen molar-refractivity contribution in [1.29, 1.82) is 0 Å². The number of aryl methyl sites for hydroxylation is 1. The number of benzene rings is 1. The Hall–Kier alpha value is -1.33. The van der Waals surface area contributed by atoms with Crippen molar-refractivity contribution >= 4 is 11.3 Å². The molecule has 2 aromatic rings. The van der Waals surface area contributed by atoms with Gasteiger partial charge < -0.3 is 5.73 Å². The molecule has 0 saturated heterocycles. The predicted octanol–water partition coefficient (Wildman–Crippen LogP) is 2.86. The Morgan fingerprint density at radius 3 is 2.38 bits per heavy atom. The Morgan fingerprint density at radius 1 is 1.25 bits per heavy atom. The minimum Gasteiger partial charge on any atom is -0.326 e. The van der Waals surface area contributed by atoms with E-state index in [0.29, 0.717) is 17.1 Å². The monoisotopic (exact) mass is 240 g/mol. The van der Waals surface area contributed by atoms with Gasteiger partial charge in [0.05, 0.1) is 5.69 Å². The standard InChI is InChI=1S/C11H10F2N2S/c1-6-10(5-14)16-11(15-6)7-2-8(12)4-9(13)3-7/h2-4H,5,14H2,1H3. The molecule has 1 heterocycles. The second-order valence-corrected chi connectivity index (χ2v) is 4.47. The molecule has 2 N–H and O–H groups in total. The highest BCUT2D eigenvalue weighted by Crippen LogP contribution is 2.28. The van der Waals surface area contributed by atoms with Crippen LogP contribution in [0.3, 0.4) is 0 Å². The van der Waals surface area contributed by atoms with Gasteiger partial charge in [-0.1, -0.05) is 0 Å². The molecule has 0 fully saturated rings. The molecular formula is C11H10F2N2S. The van der Waals surface area contributed by atoms with Crippen molar-refractivity contribution in [3.8, 4) is 10.6 Å². The highest BCUT2D eigenvalue weighted by molar-refractivity contribution is 7.15. The van der Waals surface area contributed by atoms with Crippen LogP contribution in [0.25, 0.3) is 10.6 Å². The summed E-state index contributed by atoms with van der Waals surface area (Å²) < 4.78 is 26.0. The Bertz CT molecular complexity index is 502. The minimum atomic E-state index is -0.600. The van der Waals surface area contributed by atoms with Gasteiger partial charge in [0.2, 0.25) is 0 Å². The lowest BCUT2D eigenvalue weighted by molar-refractivity contribution is 0.584. The van der Waals surface area contributed by atoms with E-state index in [1.165, 1.54) is 23.5 Å². The lowest BCUT2D eigenvalue weighted by atomic mass is 10.2. The van der Waals surface area contributed by atoms with Crippen molar-refractivity contribution in [1.82, 2.24) is 4.98 Å². The summed E-state index contributed by atoms with van der Waals surface area (Å²) in [4.78, 5) is 5.17. The number of hydrogen-bond donors (Lipinski definition) is 1. The molecule has 0 atom stereocenters. The number of thiazole rings is 1. The van der Waals surface area contributed by atoms with Gasteiger partial charge in [-0.05, 0) is 19.1 Å². The van der Waals surface area contributed by atoms with Gasteiger partial charge in [0, 0.05) is 23.1 Å². The number of nitrogens with two attached hydrogens (primary N) is 1. The average molecular weight is 240 g/mol. The van der Waals surface area contributed by atoms with E-state index in [1.807, 2.05) is 6.92 Å². The zero-order valence-electron chi connectivity index (χ0n) is 8.63. The summed E-state index contributed by atoms with van der Waals surface area (Å²) in [7, 11) is 0. The van der Waals surface area contributed by atoms with E-state index >= 15 is 0 Å². The molecule has 16 heavy (non-hydrogen) atoms. The summed E-state index contributed by atoms with van der Waals surface area (Å²) in [6.45, 7) is 2.22. The van der Waals surface area contributed by atoms with Crippen LogP contribution >= 0.6 is 11.3 Å². The first-order chi connectivity index (χ1) is 7.60. The van der Waals surface area contributed by atoms with Crippen molar-refractivity contribution in [2.75, 3.05) is 0 Å². The quantitative estimate of drug-likeness (QED) is 0.876. The molecule has 2 nitrogen and oxygen atoms in total. The third kappa shape index (κ3) is 2.10. The van der Waals surface area contributed by atoms with Crippen LogP contribution in [0.4, 0.5) is 8.78 Å². The van der Waals surface area contributed by atoms with E-state index in [1.54, 1.807) is 0 Å². The largest absolute Gasteiger partial charge is 0.326 e. The molecule has 0 bridgehead atoms. The zero-order chi connectivity index (χ0) is 11.7. The molecule has 0 aliphatic rings. The maximum Gasteiger partial charge on any atom is 0.126 e. The molecule has 0 aliphatic heterocycles. The summed E-state index contributed by atoms with van der Waals surface area (Å²) in [5.74, 6) is -1.20. The second-order valence-electron chi connectivity index (χ2n) is 3.39. The SMILES string of the molecule is Cc1nc(-c2cc(F)cc(F)c2)sc1CN. The molecule has 0 unspecified atom stereocenters. The summed E-state index contributed by atoms with van der Waals surface area (Å²) in [6, 6.07) is 3.37. The van der Waals surface area contributed by atoms with E-state index in [9.17, 15) is 8.78 Å². The Labute approximate surface area is 95.7 Å². The fourth-order valence-electron chi connectivity index (χ4n) is 1.42. The normalized spacial score (nSPS) is 10.8. The number of aromatic nitrogens is 1. The van der Waals surface area contributed by atoms with Crippen LogP contribution < -0.4 is 5.73 Å². The molecule has 0 amide bonds. The van der Waals surface area contributed by atoms with E-state index in [4.69, 9.17) is 5.73 Å². The van der Waals surface area contributed by atoms with Crippen molar-refractivity contribution in [3.63, 3.8) is 0 Å². The van der Waals surface area contributed by atoms with Gasteiger partial charge in [0.15, 0.2) is 0 Å². The van der Waals surface area contributed by atoms with Gasteiger partial charge in [-0.3, -0.25) is 0 Å². The molecule has 84 valence electrons. The van der Waals surface area contributed by atoms with E-state index in [0.717, 1.165) is 16.6 Å². The maximum absolute atomic E-state index is 13.0. The Morgan fingerprint density at radius 2 is 1.88 bits per heavy atom. The fraction of sp³-hybridized carbons (Fsp3) is 0.182. The number of hydrogen-bond acceptors (Lipinski definition) is 3. The molecule has 1 aromatic heterocycles. The van der Waals surface area contributed by atoms with Crippen LogP contribution in [0.2, 0.25) is 0 Å². The van der Waals surface area contributed by atoms with Crippen LogP contribution in [0.1, 0.15) is 10.6 Å². The Balaban J connectivity index is 2.49. The van der Waals surface area contributed by atoms with E-state index < -0.39 is 11.6 Å². The highest BCUT2D eigenvalue weighted by Gasteiger charge is 2.10. The molecular weight excluding hydrogens is 230 g/mol. The van der Waals surface area contributed by atoms with Crippen molar-refractivity contribution in [2.24, 2.45) is 5.73 Å². The summed E-state index contributed by atoms with van der Waals surface area (Å²) in [5, 5.41) is 0.594. The van der Waals surface area contributed by atoms with E-state index in [2.05, 4.69) is 4.98 Å². The zero-order valence-corrected chi connectivity index (χ0v) is 9.44. The third-order valence-corrected chi connectivity index (χ3v) is 3.42. The van der Waals surface area contributed by atoms with Gasteiger partial charge in [0.1, 0.15) is 16.6 Å². The number of rotatable bonds is 2. The number of halogens is 2.